The highest BCUT2D eigenvalue weighted by atomic mass is 35.5. The summed E-state index contributed by atoms with van der Waals surface area (Å²) in [6.07, 6.45) is -4.40. The first-order valence-electron chi connectivity index (χ1n) is 6.18. The van der Waals surface area contributed by atoms with Gasteiger partial charge in [-0.2, -0.15) is 13.2 Å². The molecule has 0 heterocycles. The normalized spacial score (nSPS) is 11.7. The van der Waals surface area contributed by atoms with Crippen molar-refractivity contribution in [1.82, 2.24) is 5.32 Å². The molecular formula is C15H12ClF4N. The molecule has 6 heteroatoms. The van der Waals surface area contributed by atoms with Gasteiger partial charge in [0.1, 0.15) is 5.82 Å². The fraction of sp³-hybridized carbons (Fsp3) is 0.200. The zero-order valence-corrected chi connectivity index (χ0v) is 11.6. The average molecular weight is 318 g/mol. The van der Waals surface area contributed by atoms with Gasteiger partial charge in [0.15, 0.2) is 0 Å². The Labute approximate surface area is 124 Å². The van der Waals surface area contributed by atoms with Crippen LogP contribution >= 0.6 is 11.6 Å². The lowest BCUT2D eigenvalue weighted by Gasteiger charge is -2.13. The zero-order valence-electron chi connectivity index (χ0n) is 10.8. The molecule has 0 atom stereocenters. The molecule has 0 saturated heterocycles. The van der Waals surface area contributed by atoms with Gasteiger partial charge in [0.25, 0.3) is 0 Å². The number of benzene rings is 2. The van der Waals surface area contributed by atoms with Gasteiger partial charge in [-0.05, 0) is 17.7 Å². The molecule has 21 heavy (non-hydrogen) atoms. The van der Waals surface area contributed by atoms with Crippen molar-refractivity contribution in [3.8, 4) is 0 Å². The Morgan fingerprint density at radius 1 is 0.905 bits per heavy atom. The van der Waals surface area contributed by atoms with Crippen LogP contribution in [-0.4, -0.2) is 0 Å². The number of halogens is 5. The van der Waals surface area contributed by atoms with E-state index in [1.54, 1.807) is 6.07 Å². The van der Waals surface area contributed by atoms with Crippen LogP contribution in [0.15, 0.2) is 42.5 Å². The van der Waals surface area contributed by atoms with Gasteiger partial charge in [0.05, 0.1) is 10.6 Å². The highest BCUT2D eigenvalue weighted by molar-refractivity contribution is 6.30. The van der Waals surface area contributed by atoms with E-state index in [9.17, 15) is 17.6 Å². The molecule has 0 aliphatic carbocycles. The molecule has 2 aromatic rings. The molecule has 2 aromatic carbocycles. The quantitative estimate of drug-likeness (QED) is 0.800. The SMILES string of the molecule is Fc1c(Cl)cccc1CNCc1ccccc1C(F)(F)F. The van der Waals surface area contributed by atoms with Crippen molar-refractivity contribution in [2.45, 2.75) is 19.3 Å². The predicted octanol–water partition coefficient (Wildman–Crippen LogP) is 4.79. The van der Waals surface area contributed by atoms with Crippen LogP contribution in [0.5, 0.6) is 0 Å². The van der Waals surface area contributed by atoms with Crippen molar-refractivity contribution in [1.29, 1.82) is 0 Å². The van der Waals surface area contributed by atoms with Gasteiger partial charge in [-0.25, -0.2) is 4.39 Å². The third-order valence-electron chi connectivity index (χ3n) is 2.99. The van der Waals surface area contributed by atoms with Crippen molar-refractivity contribution in [3.63, 3.8) is 0 Å². The van der Waals surface area contributed by atoms with E-state index < -0.39 is 17.6 Å². The Bertz CT molecular complexity index is 625. The summed E-state index contributed by atoms with van der Waals surface area (Å²) in [6, 6.07) is 9.83. The van der Waals surface area contributed by atoms with Crippen LogP contribution in [0.1, 0.15) is 16.7 Å². The van der Waals surface area contributed by atoms with Crippen LogP contribution in [-0.2, 0) is 19.3 Å². The maximum Gasteiger partial charge on any atom is 0.416 e. The minimum Gasteiger partial charge on any atom is -0.308 e. The fourth-order valence-corrected chi connectivity index (χ4v) is 2.16. The topological polar surface area (TPSA) is 12.0 Å². The van der Waals surface area contributed by atoms with Gasteiger partial charge in [0, 0.05) is 18.7 Å². The molecule has 0 bridgehead atoms. The molecule has 0 fully saturated rings. The summed E-state index contributed by atoms with van der Waals surface area (Å²) in [5, 5.41) is 2.79. The molecule has 0 unspecified atom stereocenters. The van der Waals surface area contributed by atoms with E-state index in [1.165, 1.54) is 30.3 Å². The summed E-state index contributed by atoms with van der Waals surface area (Å²) >= 11 is 5.64. The lowest BCUT2D eigenvalue weighted by atomic mass is 10.1. The lowest BCUT2D eigenvalue weighted by Crippen LogP contribution is -2.17. The van der Waals surface area contributed by atoms with Gasteiger partial charge in [-0.15, -0.1) is 0 Å². The monoisotopic (exact) mass is 317 g/mol. The number of hydrogen-bond donors (Lipinski definition) is 1. The van der Waals surface area contributed by atoms with Gasteiger partial charge >= 0.3 is 6.18 Å². The van der Waals surface area contributed by atoms with E-state index in [4.69, 9.17) is 11.6 Å². The minimum absolute atomic E-state index is 0.00927. The number of hydrogen-bond acceptors (Lipinski definition) is 1. The van der Waals surface area contributed by atoms with Gasteiger partial charge in [-0.1, -0.05) is 41.9 Å². The summed E-state index contributed by atoms with van der Waals surface area (Å²) in [4.78, 5) is 0. The summed E-state index contributed by atoms with van der Waals surface area (Å²) in [7, 11) is 0. The van der Waals surface area contributed by atoms with Crippen molar-refractivity contribution >= 4 is 11.6 Å². The molecule has 0 amide bonds. The third kappa shape index (κ3) is 3.95. The summed E-state index contributed by atoms with van der Waals surface area (Å²) in [6.45, 7) is 0.0836. The Kier molecular flexibility index (Phi) is 4.85. The number of rotatable bonds is 4. The molecule has 0 saturated carbocycles. The maximum atomic E-state index is 13.6. The fourth-order valence-electron chi connectivity index (χ4n) is 1.97. The third-order valence-corrected chi connectivity index (χ3v) is 3.28. The van der Waals surface area contributed by atoms with Crippen LogP contribution in [0.2, 0.25) is 5.02 Å². The van der Waals surface area contributed by atoms with E-state index in [1.807, 2.05) is 0 Å². The largest absolute Gasteiger partial charge is 0.416 e. The van der Waals surface area contributed by atoms with Crippen molar-refractivity contribution in [3.05, 3.63) is 70.0 Å². The van der Waals surface area contributed by atoms with Gasteiger partial charge in [0.2, 0.25) is 0 Å². The van der Waals surface area contributed by atoms with Crippen LogP contribution in [0, 0.1) is 5.82 Å². The van der Waals surface area contributed by atoms with E-state index in [-0.39, 0.29) is 23.7 Å². The second-order valence-electron chi connectivity index (χ2n) is 4.47. The molecule has 0 spiro atoms. The summed E-state index contributed by atoms with van der Waals surface area (Å²) < 4.78 is 52.1. The molecular weight excluding hydrogens is 306 g/mol. The van der Waals surface area contributed by atoms with E-state index in [0.717, 1.165) is 6.07 Å². The van der Waals surface area contributed by atoms with Crippen LogP contribution < -0.4 is 5.32 Å². The number of alkyl halides is 3. The van der Waals surface area contributed by atoms with Crippen LogP contribution in [0.25, 0.3) is 0 Å². The van der Waals surface area contributed by atoms with Crippen LogP contribution in [0.3, 0.4) is 0 Å². The van der Waals surface area contributed by atoms with E-state index >= 15 is 0 Å². The standard InChI is InChI=1S/C15H12ClF4N/c16-13-7-3-5-11(14(13)17)9-21-8-10-4-1-2-6-12(10)15(18,19)20/h1-7,21H,8-9H2. The van der Waals surface area contributed by atoms with E-state index in [2.05, 4.69) is 5.32 Å². The highest BCUT2D eigenvalue weighted by Gasteiger charge is 2.32. The molecule has 0 aliphatic heterocycles. The Morgan fingerprint density at radius 3 is 2.24 bits per heavy atom. The van der Waals surface area contributed by atoms with E-state index in [0.29, 0.717) is 5.56 Å². The molecule has 1 nitrogen and oxygen atoms in total. The molecule has 112 valence electrons. The minimum atomic E-state index is -4.40. The van der Waals surface area contributed by atoms with Crippen LogP contribution in [0.4, 0.5) is 17.6 Å². The first-order valence-corrected chi connectivity index (χ1v) is 6.56. The molecule has 1 N–H and O–H groups in total. The Hall–Kier alpha value is -1.59. The summed E-state index contributed by atoms with van der Waals surface area (Å²) in [5.74, 6) is -0.559. The second kappa shape index (κ2) is 6.45. The lowest BCUT2D eigenvalue weighted by molar-refractivity contribution is -0.138. The molecule has 0 aliphatic rings. The van der Waals surface area contributed by atoms with Gasteiger partial charge < -0.3 is 5.32 Å². The second-order valence-corrected chi connectivity index (χ2v) is 4.88. The van der Waals surface area contributed by atoms with Crippen molar-refractivity contribution in [2.24, 2.45) is 0 Å². The van der Waals surface area contributed by atoms with Gasteiger partial charge in [-0.3, -0.25) is 0 Å². The predicted molar refractivity (Wildman–Crippen MR) is 73.4 cm³/mol. The summed E-state index contributed by atoms with van der Waals surface area (Å²) in [5.41, 5.74) is -0.261. The smallest absolute Gasteiger partial charge is 0.308 e. The zero-order chi connectivity index (χ0) is 15.5. The highest BCUT2D eigenvalue weighted by Crippen LogP contribution is 2.31. The molecule has 0 aromatic heterocycles. The Morgan fingerprint density at radius 2 is 1.52 bits per heavy atom. The van der Waals surface area contributed by atoms with Crippen molar-refractivity contribution in [2.75, 3.05) is 0 Å². The maximum absolute atomic E-state index is 13.6. The average Bonchev–Trinajstić information content (AvgIpc) is 2.43. The molecule has 0 radical (unpaired) electrons. The first kappa shape index (κ1) is 15.8. The number of nitrogens with one attached hydrogen (secondary N) is 1. The Balaban J connectivity index is 2.06. The van der Waals surface area contributed by atoms with Crippen molar-refractivity contribution < 1.29 is 17.6 Å². The molecule has 2 rings (SSSR count). The first-order chi connectivity index (χ1) is 9.89.